The topological polar surface area (TPSA) is 82.3 Å². The molecule has 170 valence electrons. The highest BCUT2D eigenvalue weighted by Gasteiger charge is 2.27. The van der Waals surface area contributed by atoms with Crippen molar-refractivity contribution in [3.8, 4) is 0 Å². The maximum absolute atomic E-state index is 10.8. The minimum Gasteiger partial charge on any atom is -0.463 e. The summed E-state index contributed by atoms with van der Waals surface area (Å²) >= 11 is 0. The molecule has 0 spiro atoms. The maximum atomic E-state index is 10.8. The Kier molecular flexibility index (Phi) is 8.12. The monoisotopic (exact) mass is 428 g/mol. The number of benzene rings is 1. The number of morpholine rings is 1. The van der Waals surface area contributed by atoms with E-state index in [1.807, 2.05) is 19.9 Å². The van der Waals surface area contributed by atoms with Crippen LogP contribution in [0.25, 0.3) is 0 Å². The molecule has 0 bridgehead atoms. The van der Waals surface area contributed by atoms with Crippen LogP contribution in [0, 0.1) is 13.8 Å². The molecular weight excluding hydrogens is 392 g/mol. The van der Waals surface area contributed by atoms with E-state index in [4.69, 9.17) is 9.15 Å². The minimum absolute atomic E-state index is 0.196. The first-order chi connectivity index (χ1) is 14.9. The second kappa shape index (κ2) is 10.8. The summed E-state index contributed by atoms with van der Waals surface area (Å²) in [5.41, 5.74) is 1.36. The van der Waals surface area contributed by atoms with Gasteiger partial charge in [-0.05, 0) is 45.4 Å². The van der Waals surface area contributed by atoms with Gasteiger partial charge in [-0.2, -0.15) is 0 Å². The first kappa shape index (κ1) is 23.3. The highest BCUT2D eigenvalue weighted by Crippen LogP contribution is 2.24. The summed E-state index contributed by atoms with van der Waals surface area (Å²) < 4.78 is 11.2. The average molecular weight is 429 g/mol. The van der Waals surface area contributed by atoms with E-state index in [0.29, 0.717) is 18.3 Å². The van der Waals surface area contributed by atoms with Gasteiger partial charge in [0, 0.05) is 26.2 Å². The molecule has 0 amide bonds. The van der Waals surface area contributed by atoms with Crippen molar-refractivity contribution in [1.82, 2.24) is 15.5 Å². The summed E-state index contributed by atoms with van der Waals surface area (Å²) in [6, 6.07) is 12.5. The lowest BCUT2D eigenvalue weighted by Crippen LogP contribution is -2.46. The molecule has 1 saturated heterocycles. The number of ether oxygens (including phenoxy) is 1. The molecule has 1 fully saturated rings. The number of aliphatic hydroxyl groups is 1. The Morgan fingerprint density at radius 3 is 2.61 bits per heavy atom. The van der Waals surface area contributed by atoms with E-state index in [0.717, 1.165) is 38.6 Å². The lowest BCUT2D eigenvalue weighted by molar-refractivity contribution is 0.0169. The molecule has 3 N–H and O–H groups in total. The van der Waals surface area contributed by atoms with E-state index in [-0.39, 0.29) is 12.6 Å². The Bertz CT molecular complexity index is 856. The van der Waals surface area contributed by atoms with E-state index < -0.39 is 5.60 Å². The number of aliphatic imine (C=N–C) groups is 1. The molecule has 7 heteroatoms. The third-order valence-electron chi connectivity index (χ3n) is 5.54. The predicted molar refractivity (Wildman–Crippen MR) is 123 cm³/mol. The van der Waals surface area contributed by atoms with Crippen molar-refractivity contribution in [3.05, 3.63) is 59.0 Å². The number of aryl methyl sites for hydroxylation is 2. The molecule has 2 unspecified atom stereocenters. The van der Waals surface area contributed by atoms with E-state index in [1.165, 1.54) is 11.1 Å². The molecule has 7 nitrogen and oxygen atoms in total. The summed E-state index contributed by atoms with van der Waals surface area (Å²) in [4.78, 5) is 7.10. The zero-order chi connectivity index (χ0) is 22.3. The van der Waals surface area contributed by atoms with Gasteiger partial charge in [0.05, 0.1) is 25.8 Å². The Morgan fingerprint density at radius 2 is 1.97 bits per heavy atom. The Balaban J connectivity index is 1.72. The van der Waals surface area contributed by atoms with Crippen molar-refractivity contribution >= 4 is 5.96 Å². The lowest BCUT2D eigenvalue weighted by Gasteiger charge is -2.35. The normalized spacial score (nSPS) is 18.4. The fraction of sp³-hybridized carbons (Fsp3) is 0.542. The van der Waals surface area contributed by atoms with Gasteiger partial charge in [-0.3, -0.25) is 4.90 Å². The van der Waals surface area contributed by atoms with Gasteiger partial charge >= 0.3 is 0 Å². The van der Waals surface area contributed by atoms with Gasteiger partial charge in [-0.25, -0.2) is 4.99 Å². The van der Waals surface area contributed by atoms with Crippen molar-refractivity contribution in [2.24, 2.45) is 4.99 Å². The van der Waals surface area contributed by atoms with Gasteiger partial charge in [-0.1, -0.05) is 29.8 Å². The summed E-state index contributed by atoms with van der Waals surface area (Å²) in [6.07, 6.45) is 0. The van der Waals surface area contributed by atoms with Crippen molar-refractivity contribution in [1.29, 1.82) is 0 Å². The molecule has 1 aromatic heterocycles. The van der Waals surface area contributed by atoms with E-state index >= 15 is 0 Å². The third kappa shape index (κ3) is 6.56. The van der Waals surface area contributed by atoms with Crippen LogP contribution in [0.1, 0.15) is 42.5 Å². The first-order valence-electron chi connectivity index (χ1n) is 11.1. The summed E-state index contributed by atoms with van der Waals surface area (Å²) in [5.74, 6) is 1.98. The van der Waals surface area contributed by atoms with Crippen LogP contribution in [0.2, 0.25) is 0 Å². The number of guanidine groups is 1. The molecule has 0 saturated carbocycles. The van der Waals surface area contributed by atoms with Gasteiger partial charge < -0.3 is 24.9 Å². The third-order valence-corrected chi connectivity index (χ3v) is 5.54. The van der Waals surface area contributed by atoms with Crippen LogP contribution in [0.15, 0.2) is 45.8 Å². The smallest absolute Gasteiger partial charge is 0.191 e. The molecule has 31 heavy (non-hydrogen) atoms. The zero-order valence-electron chi connectivity index (χ0n) is 19.1. The van der Waals surface area contributed by atoms with Crippen LogP contribution in [-0.4, -0.2) is 61.9 Å². The van der Waals surface area contributed by atoms with E-state index in [2.05, 4.69) is 51.7 Å². The summed E-state index contributed by atoms with van der Waals surface area (Å²) in [7, 11) is 0. The summed E-state index contributed by atoms with van der Waals surface area (Å²) in [6.45, 7) is 12.7. The Morgan fingerprint density at radius 1 is 1.19 bits per heavy atom. The SMILES string of the molecule is CCNC(=NCC(C)(O)c1ccc(C)o1)NCC(c1cccc(C)c1)N1CCOCC1. The van der Waals surface area contributed by atoms with Crippen molar-refractivity contribution in [2.45, 2.75) is 39.3 Å². The van der Waals surface area contributed by atoms with Crippen molar-refractivity contribution in [3.63, 3.8) is 0 Å². The van der Waals surface area contributed by atoms with Crippen LogP contribution >= 0.6 is 0 Å². The fourth-order valence-corrected chi connectivity index (χ4v) is 3.79. The summed E-state index contributed by atoms with van der Waals surface area (Å²) in [5, 5.41) is 17.6. The highest BCUT2D eigenvalue weighted by atomic mass is 16.5. The number of furan rings is 1. The lowest BCUT2D eigenvalue weighted by atomic mass is 10.0. The zero-order valence-corrected chi connectivity index (χ0v) is 19.1. The number of rotatable bonds is 8. The molecule has 1 aliphatic rings. The second-order valence-corrected chi connectivity index (χ2v) is 8.34. The van der Waals surface area contributed by atoms with E-state index in [9.17, 15) is 5.11 Å². The molecule has 0 aliphatic carbocycles. The Hall–Kier alpha value is -2.35. The molecule has 1 aliphatic heterocycles. The van der Waals surface area contributed by atoms with Gasteiger partial charge in [0.25, 0.3) is 0 Å². The standard InChI is InChI=1S/C24H36N4O3/c1-5-25-23(27-17-24(4,29)22-10-9-19(3)31-22)26-16-21(28-11-13-30-14-12-28)20-8-6-7-18(2)15-20/h6-10,15,21,29H,5,11-14,16-17H2,1-4H3,(H2,25,26,27). The number of hydrogen-bond acceptors (Lipinski definition) is 5. The first-order valence-corrected chi connectivity index (χ1v) is 11.1. The van der Waals surface area contributed by atoms with Crippen molar-refractivity contribution in [2.75, 3.05) is 45.9 Å². The molecule has 3 rings (SSSR count). The largest absolute Gasteiger partial charge is 0.463 e. The molecule has 0 radical (unpaired) electrons. The quantitative estimate of drug-likeness (QED) is 0.443. The maximum Gasteiger partial charge on any atom is 0.191 e. The molecule has 2 heterocycles. The Labute approximate surface area is 185 Å². The molecular formula is C24H36N4O3. The number of nitrogens with zero attached hydrogens (tertiary/aromatic N) is 2. The molecule has 2 atom stereocenters. The number of nitrogens with one attached hydrogen (secondary N) is 2. The van der Waals surface area contributed by atoms with Gasteiger partial charge in [0.15, 0.2) is 5.96 Å². The highest BCUT2D eigenvalue weighted by molar-refractivity contribution is 5.79. The van der Waals surface area contributed by atoms with Gasteiger partial charge in [-0.15, -0.1) is 0 Å². The number of hydrogen-bond donors (Lipinski definition) is 3. The van der Waals surface area contributed by atoms with Crippen LogP contribution in [0.3, 0.4) is 0 Å². The minimum atomic E-state index is -1.17. The molecule has 2 aromatic rings. The van der Waals surface area contributed by atoms with Gasteiger partial charge in [0.2, 0.25) is 0 Å². The van der Waals surface area contributed by atoms with Gasteiger partial charge in [0.1, 0.15) is 17.1 Å². The van der Waals surface area contributed by atoms with E-state index in [1.54, 1.807) is 13.0 Å². The van der Waals surface area contributed by atoms with Crippen LogP contribution < -0.4 is 10.6 Å². The average Bonchev–Trinajstić information content (AvgIpc) is 3.20. The fourth-order valence-electron chi connectivity index (χ4n) is 3.79. The van der Waals surface area contributed by atoms with Crippen molar-refractivity contribution < 1.29 is 14.3 Å². The molecule has 1 aromatic carbocycles. The van der Waals surface area contributed by atoms with Crippen LogP contribution in [0.5, 0.6) is 0 Å². The predicted octanol–water partition coefficient (Wildman–Crippen LogP) is 2.73. The second-order valence-electron chi connectivity index (χ2n) is 8.34. The van der Waals surface area contributed by atoms with Crippen LogP contribution in [0.4, 0.5) is 0 Å². The van der Waals surface area contributed by atoms with Crippen LogP contribution in [-0.2, 0) is 10.3 Å².